The first-order valence-electron chi connectivity index (χ1n) is 8.69. The van der Waals surface area contributed by atoms with Crippen molar-refractivity contribution >= 4 is 11.8 Å². The molecule has 0 saturated heterocycles. The average Bonchev–Trinajstić information content (AvgIpc) is 2.79. The SMILES string of the molecule is CC(C)(C)C(=O)N1Cc2ccc(C(N)=O)cc2OCC1c1ccccc1. The molecule has 1 heterocycles. The Balaban J connectivity index is 2.03. The molecule has 1 aliphatic heterocycles. The van der Waals surface area contributed by atoms with Gasteiger partial charge in [-0.25, -0.2) is 0 Å². The van der Waals surface area contributed by atoms with Crippen molar-refractivity contribution in [3.63, 3.8) is 0 Å². The number of amides is 2. The summed E-state index contributed by atoms with van der Waals surface area (Å²) in [4.78, 5) is 26.5. The molecule has 0 saturated carbocycles. The lowest BCUT2D eigenvalue weighted by atomic mass is 9.92. The molecule has 1 aliphatic rings. The Morgan fingerprint density at radius 3 is 2.42 bits per heavy atom. The van der Waals surface area contributed by atoms with Crippen molar-refractivity contribution in [1.29, 1.82) is 0 Å². The van der Waals surface area contributed by atoms with Gasteiger partial charge in [-0.1, -0.05) is 57.2 Å². The summed E-state index contributed by atoms with van der Waals surface area (Å²) in [5.74, 6) is 0.163. The smallest absolute Gasteiger partial charge is 0.248 e. The van der Waals surface area contributed by atoms with Gasteiger partial charge in [0.05, 0.1) is 12.6 Å². The van der Waals surface area contributed by atoms with Crippen molar-refractivity contribution in [3.8, 4) is 5.75 Å². The van der Waals surface area contributed by atoms with Crippen molar-refractivity contribution in [2.45, 2.75) is 33.4 Å². The molecule has 3 rings (SSSR count). The van der Waals surface area contributed by atoms with Gasteiger partial charge in [0.25, 0.3) is 0 Å². The van der Waals surface area contributed by atoms with E-state index in [0.29, 0.717) is 24.5 Å². The van der Waals surface area contributed by atoms with Gasteiger partial charge < -0.3 is 15.4 Å². The summed E-state index contributed by atoms with van der Waals surface area (Å²) in [5, 5.41) is 0. The minimum Gasteiger partial charge on any atom is -0.491 e. The van der Waals surface area contributed by atoms with Gasteiger partial charge in [-0.05, 0) is 17.7 Å². The van der Waals surface area contributed by atoms with Crippen LogP contribution in [0.1, 0.15) is 48.3 Å². The van der Waals surface area contributed by atoms with Crippen LogP contribution in [0.15, 0.2) is 48.5 Å². The van der Waals surface area contributed by atoms with Gasteiger partial charge in [0.2, 0.25) is 11.8 Å². The predicted molar refractivity (Wildman–Crippen MR) is 99.6 cm³/mol. The lowest BCUT2D eigenvalue weighted by molar-refractivity contribution is -0.143. The molecule has 0 spiro atoms. The Bertz CT molecular complexity index is 825. The van der Waals surface area contributed by atoms with Gasteiger partial charge in [-0.3, -0.25) is 9.59 Å². The number of nitrogens with zero attached hydrogens (tertiary/aromatic N) is 1. The van der Waals surface area contributed by atoms with Gasteiger partial charge >= 0.3 is 0 Å². The maximum atomic E-state index is 13.1. The first-order chi connectivity index (χ1) is 12.3. The molecule has 2 N–H and O–H groups in total. The lowest BCUT2D eigenvalue weighted by Crippen LogP contribution is -2.42. The van der Waals surface area contributed by atoms with Crippen LogP contribution in [-0.4, -0.2) is 23.3 Å². The normalized spacial score (nSPS) is 17.0. The number of rotatable bonds is 2. The lowest BCUT2D eigenvalue weighted by Gasteiger charge is -2.34. The third kappa shape index (κ3) is 3.57. The second-order valence-corrected chi connectivity index (χ2v) is 7.61. The Hall–Kier alpha value is -2.82. The van der Waals surface area contributed by atoms with Crippen LogP contribution in [0.25, 0.3) is 0 Å². The van der Waals surface area contributed by atoms with E-state index in [9.17, 15) is 9.59 Å². The van der Waals surface area contributed by atoms with Crippen LogP contribution in [0.2, 0.25) is 0 Å². The molecule has 2 amide bonds. The number of fused-ring (bicyclic) bond motifs is 1. The molecule has 1 atom stereocenters. The number of carbonyl (C=O) groups excluding carboxylic acids is 2. The summed E-state index contributed by atoms with van der Waals surface area (Å²) in [6.45, 7) is 6.49. The van der Waals surface area contributed by atoms with Gasteiger partial charge in [-0.15, -0.1) is 0 Å². The van der Waals surface area contributed by atoms with Crippen LogP contribution in [-0.2, 0) is 11.3 Å². The van der Waals surface area contributed by atoms with Crippen LogP contribution in [0.3, 0.4) is 0 Å². The minimum atomic E-state index is -0.509. The Labute approximate surface area is 153 Å². The Morgan fingerprint density at radius 2 is 1.81 bits per heavy atom. The summed E-state index contributed by atoms with van der Waals surface area (Å²) >= 11 is 0. The minimum absolute atomic E-state index is 0.0572. The van der Waals surface area contributed by atoms with Crippen LogP contribution in [0, 0.1) is 5.41 Å². The van der Waals surface area contributed by atoms with Crippen molar-refractivity contribution < 1.29 is 14.3 Å². The summed E-state index contributed by atoms with van der Waals surface area (Å²) in [7, 11) is 0. The van der Waals surface area contributed by atoms with Crippen molar-refractivity contribution in [3.05, 3.63) is 65.2 Å². The molecule has 0 fully saturated rings. The maximum absolute atomic E-state index is 13.1. The third-order valence-electron chi connectivity index (χ3n) is 4.55. The van der Waals surface area contributed by atoms with Gasteiger partial charge in [0.15, 0.2) is 0 Å². The topological polar surface area (TPSA) is 72.6 Å². The van der Waals surface area contributed by atoms with Crippen LogP contribution >= 0.6 is 0 Å². The molecule has 5 heteroatoms. The number of ether oxygens (including phenoxy) is 1. The fourth-order valence-corrected chi connectivity index (χ4v) is 3.12. The number of carbonyl (C=O) groups is 2. The van der Waals surface area contributed by atoms with Crippen molar-refractivity contribution in [2.24, 2.45) is 11.1 Å². The highest BCUT2D eigenvalue weighted by molar-refractivity contribution is 5.93. The highest BCUT2D eigenvalue weighted by Crippen LogP contribution is 2.35. The standard InChI is InChI=1S/C21H24N2O3/c1-21(2,3)20(25)23-12-16-10-9-15(19(22)24)11-18(16)26-13-17(23)14-7-5-4-6-8-14/h4-11,17H,12-13H2,1-3H3,(H2,22,24). The molecule has 0 aromatic heterocycles. The summed E-state index contributed by atoms with van der Waals surface area (Å²) < 4.78 is 6.00. The van der Waals surface area contributed by atoms with E-state index < -0.39 is 11.3 Å². The van der Waals surface area contributed by atoms with E-state index in [2.05, 4.69) is 0 Å². The van der Waals surface area contributed by atoms with Crippen molar-refractivity contribution in [1.82, 2.24) is 4.90 Å². The Morgan fingerprint density at radius 1 is 1.12 bits per heavy atom. The van der Waals surface area contributed by atoms with Gasteiger partial charge in [-0.2, -0.15) is 0 Å². The first kappa shape index (κ1) is 18.0. The third-order valence-corrected chi connectivity index (χ3v) is 4.55. The molecule has 5 nitrogen and oxygen atoms in total. The molecule has 2 aromatic carbocycles. The maximum Gasteiger partial charge on any atom is 0.248 e. The van der Waals surface area contributed by atoms with E-state index in [0.717, 1.165) is 11.1 Å². The van der Waals surface area contributed by atoms with Crippen LogP contribution < -0.4 is 10.5 Å². The zero-order valence-corrected chi connectivity index (χ0v) is 15.4. The predicted octanol–water partition coefficient (Wildman–Crippen LogP) is 3.29. The van der Waals surface area contributed by atoms with E-state index in [1.807, 2.05) is 62.1 Å². The molecule has 0 radical (unpaired) electrons. The molecule has 2 aromatic rings. The Kier molecular flexibility index (Phi) is 4.72. The quantitative estimate of drug-likeness (QED) is 0.901. The molecular weight excluding hydrogens is 328 g/mol. The summed E-state index contributed by atoms with van der Waals surface area (Å²) in [5.41, 5.74) is 7.16. The van der Waals surface area contributed by atoms with E-state index >= 15 is 0 Å². The van der Waals surface area contributed by atoms with E-state index in [1.54, 1.807) is 12.1 Å². The second kappa shape index (κ2) is 6.83. The summed E-state index contributed by atoms with van der Waals surface area (Å²) in [6.07, 6.45) is 0. The molecule has 0 bridgehead atoms. The first-order valence-corrected chi connectivity index (χ1v) is 8.69. The number of nitrogens with two attached hydrogens (primary N) is 1. The number of hydrogen-bond acceptors (Lipinski definition) is 3. The molecule has 0 aliphatic carbocycles. The molecule has 1 unspecified atom stereocenters. The van der Waals surface area contributed by atoms with Gasteiger partial charge in [0, 0.05) is 16.5 Å². The zero-order chi connectivity index (χ0) is 18.9. The van der Waals surface area contributed by atoms with E-state index in [1.165, 1.54) is 0 Å². The largest absolute Gasteiger partial charge is 0.491 e. The van der Waals surface area contributed by atoms with Gasteiger partial charge in [0.1, 0.15) is 12.4 Å². The fourth-order valence-electron chi connectivity index (χ4n) is 3.12. The summed E-state index contributed by atoms with van der Waals surface area (Å²) in [6, 6.07) is 14.8. The molecular formula is C21H24N2O3. The zero-order valence-electron chi connectivity index (χ0n) is 15.4. The fraction of sp³-hybridized carbons (Fsp3) is 0.333. The molecule has 26 heavy (non-hydrogen) atoms. The number of hydrogen-bond donors (Lipinski definition) is 1. The second-order valence-electron chi connectivity index (χ2n) is 7.61. The average molecular weight is 352 g/mol. The van der Waals surface area contributed by atoms with E-state index in [4.69, 9.17) is 10.5 Å². The number of benzene rings is 2. The monoisotopic (exact) mass is 352 g/mol. The van der Waals surface area contributed by atoms with Crippen molar-refractivity contribution in [2.75, 3.05) is 6.61 Å². The van der Waals surface area contributed by atoms with Crippen LogP contribution in [0.4, 0.5) is 0 Å². The van der Waals surface area contributed by atoms with E-state index in [-0.39, 0.29) is 11.9 Å². The number of primary amides is 1. The highest BCUT2D eigenvalue weighted by atomic mass is 16.5. The molecule has 136 valence electrons. The highest BCUT2D eigenvalue weighted by Gasteiger charge is 2.35. The van der Waals surface area contributed by atoms with Crippen LogP contribution in [0.5, 0.6) is 5.75 Å².